The summed E-state index contributed by atoms with van der Waals surface area (Å²) < 4.78 is 10.4. The summed E-state index contributed by atoms with van der Waals surface area (Å²) in [6, 6.07) is 7.62. The lowest BCUT2D eigenvalue weighted by Crippen LogP contribution is -2.25. The van der Waals surface area contributed by atoms with Crippen LogP contribution in [-0.4, -0.2) is 41.6 Å². The fourth-order valence-corrected chi connectivity index (χ4v) is 3.73. The molecule has 3 heterocycles. The fraction of sp³-hybridized carbons (Fsp3) is 0.300. The molecule has 2 aromatic rings. The first kappa shape index (κ1) is 16.4. The number of benzene rings is 1. The van der Waals surface area contributed by atoms with Gasteiger partial charge in [0.25, 0.3) is 0 Å². The van der Waals surface area contributed by atoms with Crippen LogP contribution in [0.4, 0.5) is 0 Å². The molecule has 0 amide bonds. The lowest BCUT2D eigenvalue weighted by molar-refractivity contribution is -0.141. The first-order valence-electron chi connectivity index (χ1n) is 8.77. The minimum Gasteiger partial charge on any atom is -0.463 e. The summed E-state index contributed by atoms with van der Waals surface area (Å²) in [7, 11) is 0. The number of H-pyrrole nitrogens is 1. The third-order valence-electron chi connectivity index (χ3n) is 4.77. The largest absolute Gasteiger partial charge is 0.463 e. The molecule has 26 heavy (non-hydrogen) atoms. The highest BCUT2D eigenvalue weighted by atomic mass is 16.5. The Morgan fingerprint density at radius 3 is 2.65 bits per heavy atom. The average Bonchev–Trinajstić information content (AvgIpc) is 3.20. The van der Waals surface area contributed by atoms with Gasteiger partial charge in [0.1, 0.15) is 6.04 Å². The summed E-state index contributed by atoms with van der Waals surface area (Å²) in [5.41, 5.74) is 3.66. The maximum atomic E-state index is 12.7. The molecule has 1 aromatic heterocycles. The summed E-state index contributed by atoms with van der Waals surface area (Å²) in [5.74, 6) is -0.932. The molecule has 0 spiro atoms. The van der Waals surface area contributed by atoms with E-state index < -0.39 is 11.9 Å². The van der Waals surface area contributed by atoms with Crippen LogP contribution >= 0.6 is 0 Å². The van der Waals surface area contributed by atoms with E-state index in [2.05, 4.69) is 4.98 Å². The molecule has 6 heteroatoms. The van der Waals surface area contributed by atoms with Gasteiger partial charge in [-0.1, -0.05) is 18.2 Å². The number of carbonyl (C=O) groups excluding carboxylic acids is 2. The van der Waals surface area contributed by atoms with Crippen molar-refractivity contribution in [1.29, 1.82) is 0 Å². The standard InChI is InChI=1S/C20H20N2O4/c1-3-25-19(23)14-11-22-10-9-13-12-7-5-6-8-15(12)21-17(13)18(22)16(14)20(24)26-4-2/h5-10,18,21H,3-4,11H2,1-2H3. The second-order valence-corrected chi connectivity index (χ2v) is 6.22. The maximum Gasteiger partial charge on any atom is 0.337 e. The fourth-order valence-electron chi connectivity index (χ4n) is 3.73. The predicted molar refractivity (Wildman–Crippen MR) is 97.1 cm³/mol. The number of nitrogens with one attached hydrogen (secondary N) is 1. The third kappa shape index (κ3) is 2.41. The van der Waals surface area contributed by atoms with Gasteiger partial charge in [0, 0.05) is 22.7 Å². The van der Waals surface area contributed by atoms with Crippen LogP contribution in [0.5, 0.6) is 0 Å². The Bertz CT molecular complexity index is 954. The highest BCUT2D eigenvalue weighted by Gasteiger charge is 2.43. The zero-order valence-electron chi connectivity index (χ0n) is 14.7. The van der Waals surface area contributed by atoms with E-state index in [1.807, 2.05) is 41.4 Å². The molecule has 0 saturated heterocycles. The van der Waals surface area contributed by atoms with Crippen LogP contribution in [0, 0.1) is 0 Å². The number of rotatable bonds is 4. The summed E-state index contributed by atoms with van der Waals surface area (Å²) in [5, 5.41) is 1.09. The lowest BCUT2D eigenvalue weighted by atomic mass is 9.96. The lowest BCUT2D eigenvalue weighted by Gasteiger charge is -2.28. The van der Waals surface area contributed by atoms with Crippen molar-refractivity contribution >= 4 is 28.9 Å². The van der Waals surface area contributed by atoms with Gasteiger partial charge in [0.2, 0.25) is 0 Å². The van der Waals surface area contributed by atoms with Gasteiger partial charge in [-0.3, -0.25) is 0 Å². The van der Waals surface area contributed by atoms with Gasteiger partial charge in [0.05, 0.1) is 36.6 Å². The van der Waals surface area contributed by atoms with E-state index in [4.69, 9.17) is 9.47 Å². The first-order valence-corrected chi connectivity index (χ1v) is 8.77. The van der Waals surface area contributed by atoms with Gasteiger partial charge >= 0.3 is 11.9 Å². The van der Waals surface area contributed by atoms with Gasteiger partial charge in [-0.05, 0) is 26.0 Å². The van der Waals surface area contributed by atoms with E-state index in [1.54, 1.807) is 13.8 Å². The Balaban J connectivity index is 1.87. The first-order chi connectivity index (χ1) is 12.7. The minimum absolute atomic E-state index is 0.251. The zero-order valence-corrected chi connectivity index (χ0v) is 14.7. The van der Waals surface area contributed by atoms with E-state index in [0.717, 1.165) is 22.2 Å². The molecule has 0 fully saturated rings. The van der Waals surface area contributed by atoms with Crippen LogP contribution in [0.3, 0.4) is 0 Å². The normalized spacial score (nSPS) is 18.1. The van der Waals surface area contributed by atoms with Gasteiger partial charge < -0.3 is 19.4 Å². The highest BCUT2D eigenvalue weighted by Crippen LogP contribution is 2.44. The van der Waals surface area contributed by atoms with Crippen molar-refractivity contribution < 1.29 is 19.1 Å². The average molecular weight is 352 g/mol. The molecule has 0 bridgehead atoms. The number of para-hydroxylation sites is 1. The maximum absolute atomic E-state index is 12.7. The number of aromatic amines is 1. The number of hydrogen-bond donors (Lipinski definition) is 1. The molecule has 2 aliphatic heterocycles. The van der Waals surface area contributed by atoms with Crippen molar-refractivity contribution in [1.82, 2.24) is 9.88 Å². The van der Waals surface area contributed by atoms with Crippen LogP contribution < -0.4 is 0 Å². The molecular weight excluding hydrogens is 332 g/mol. The van der Waals surface area contributed by atoms with Crippen molar-refractivity contribution in [3.8, 4) is 0 Å². The van der Waals surface area contributed by atoms with Crippen LogP contribution in [0.25, 0.3) is 17.0 Å². The number of fused-ring (bicyclic) bond motifs is 5. The number of hydrogen-bond acceptors (Lipinski definition) is 5. The highest BCUT2D eigenvalue weighted by molar-refractivity contribution is 6.04. The number of nitrogens with zero attached hydrogens (tertiary/aromatic N) is 1. The second-order valence-electron chi connectivity index (χ2n) is 6.22. The third-order valence-corrected chi connectivity index (χ3v) is 4.77. The molecule has 0 radical (unpaired) electrons. The zero-order chi connectivity index (χ0) is 18.3. The van der Waals surface area contributed by atoms with Crippen molar-refractivity contribution in [2.75, 3.05) is 19.8 Å². The monoisotopic (exact) mass is 352 g/mol. The van der Waals surface area contributed by atoms with Crippen LogP contribution in [-0.2, 0) is 19.1 Å². The topological polar surface area (TPSA) is 71.6 Å². The number of aromatic nitrogens is 1. The second kappa shape index (κ2) is 6.37. The van der Waals surface area contributed by atoms with E-state index in [9.17, 15) is 9.59 Å². The van der Waals surface area contributed by atoms with Gasteiger partial charge in [-0.15, -0.1) is 0 Å². The Kier molecular flexibility index (Phi) is 4.03. The number of ether oxygens (including phenoxy) is 2. The van der Waals surface area contributed by atoms with Crippen molar-refractivity contribution in [3.63, 3.8) is 0 Å². The van der Waals surface area contributed by atoms with Gasteiger partial charge in [0.15, 0.2) is 0 Å². The number of carbonyl (C=O) groups is 2. The molecule has 0 aliphatic carbocycles. The molecule has 1 aromatic carbocycles. The van der Waals surface area contributed by atoms with Crippen LogP contribution in [0.15, 0.2) is 41.6 Å². The Morgan fingerprint density at radius 1 is 1.15 bits per heavy atom. The summed E-state index contributed by atoms with van der Waals surface area (Å²) >= 11 is 0. The van der Waals surface area contributed by atoms with Gasteiger partial charge in [-0.2, -0.15) is 0 Å². The van der Waals surface area contributed by atoms with Crippen molar-refractivity contribution in [2.24, 2.45) is 0 Å². The molecule has 134 valence electrons. The summed E-state index contributed by atoms with van der Waals surface area (Å²) in [6.07, 6.45) is 3.94. The van der Waals surface area contributed by atoms with Crippen molar-refractivity contribution in [3.05, 3.63) is 52.9 Å². The predicted octanol–water partition coefficient (Wildman–Crippen LogP) is 2.93. The van der Waals surface area contributed by atoms with E-state index in [0.29, 0.717) is 17.7 Å². The van der Waals surface area contributed by atoms with Crippen molar-refractivity contribution in [2.45, 2.75) is 19.9 Å². The smallest absolute Gasteiger partial charge is 0.337 e. The quantitative estimate of drug-likeness (QED) is 0.857. The molecule has 6 nitrogen and oxygen atoms in total. The molecular formula is C20H20N2O4. The number of esters is 2. The Morgan fingerprint density at radius 2 is 1.88 bits per heavy atom. The van der Waals surface area contributed by atoms with E-state index in [1.165, 1.54) is 0 Å². The van der Waals surface area contributed by atoms with Gasteiger partial charge in [-0.25, -0.2) is 9.59 Å². The van der Waals surface area contributed by atoms with E-state index >= 15 is 0 Å². The van der Waals surface area contributed by atoms with Crippen LogP contribution in [0.2, 0.25) is 0 Å². The SMILES string of the molecule is CCOC(=O)C1=C(C(=O)OCC)C2c3[nH]c4ccccc4c3C=CN2C1. The minimum atomic E-state index is -0.469. The molecule has 1 unspecified atom stereocenters. The molecule has 4 rings (SSSR count). The molecule has 1 atom stereocenters. The summed E-state index contributed by atoms with van der Waals surface area (Å²) in [4.78, 5) is 30.5. The Hall–Kier alpha value is -3.02. The summed E-state index contributed by atoms with van der Waals surface area (Å²) in [6.45, 7) is 4.34. The molecule has 0 saturated carbocycles. The molecule has 1 N–H and O–H groups in total. The van der Waals surface area contributed by atoms with Crippen LogP contribution in [0.1, 0.15) is 31.1 Å². The molecule has 2 aliphatic rings. The Labute approximate surface area is 151 Å². The van der Waals surface area contributed by atoms with E-state index in [-0.39, 0.29) is 19.3 Å².